The number of hydrogen-bond acceptors (Lipinski definition) is 5. The summed E-state index contributed by atoms with van der Waals surface area (Å²) in [6.07, 6.45) is 3.45. The minimum atomic E-state index is -1.15. The Morgan fingerprint density at radius 3 is 2.39 bits per heavy atom. The van der Waals surface area contributed by atoms with E-state index in [-0.39, 0.29) is 17.2 Å². The van der Waals surface area contributed by atoms with E-state index in [9.17, 15) is 14.5 Å². The summed E-state index contributed by atoms with van der Waals surface area (Å²) < 4.78 is 14.4. The van der Waals surface area contributed by atoms with E-state index in [0.717, 1.165) is 44.3 Å². The number of nitrogens with one attached hydrogen (secondary N) is 1. The number of aryl methyl sites for hydroxylation is 1. The highest BCUT2D eigenvalue weighted by molar-refractivity contribution is 7.89. The van der Waals surface area contributed by atoms with Crippen LogP contribution in [0.2, 0.25) is 5.02 Å². The highest BCUT2D eigenvalue weighted by atomic mass is 35.5. The van der Waals surface area contributed by atoms with E-state index in [1.165, 1.54) is 0 Å². The summed E-state index contributed by atoms with van der Waals surface area (Å²) in [5.74, 6) is 0.140. The van der Waals surface area contributed by atoms with Crippen molar-refractivity contribution in [1.82, 2.24) is 14.5 Å². The van der Waals surface area contributed by atoms with E-state index in [1.54, 1.807) is 13.0 Å². The van der Waals surface area contributed by atoms with Crippen LogP contribution < -0.4 is 5.32 Å². The first-order valence-corrected chi connectivity index (χ1v) is 13.0. The van der Waals surface area contributed by atoms with E-state index in [2.05, 4.69) is 24.1 Å². The lowest BCUT2D eigenvalue weighted by Crippen LogP contribution is -2.62. The minimum Gasteiger partial charge on any atom is -0.598 e. The molecule has 2 unspecified atom stereocenters. The minimum absolute atomic E-state index is 0.131. The maximum atomic E-state index is 12.9. The molecule has 2 atom stereocenters. The Kier molecular flexibility index (Phi) is 10.6. The summed E-state index contributed by atoms with van der Waals surface area (Å²) in [5.41, 5.74) is 1.40. The second-order valence-corrected chi connectivity index (χ2v) is 10.5. The molecule has 1 fully saturated rings. The van der Waals surface area contributed by atoms with Gasteiger partial charge in [-0.05, 0) is 44.4 Å². The first-order chi connectivity index (χ1) is 14.7. The maximum absolute atomic E-state index is 12.9. The second kappa shape index (κ2) is 12.4. The topological polar surface area (TPSA) is 78.9 Å². The van der Waals surface area contributed by atoms with E-state index in [4.69, 9.17) is 11.6 Å². The molecule has 0 radical (unpaired) electrons. The van der Waals surface area contributed by atoms with Gasteiger partial charge in [-0.2, -0.15) is 0 Å². The molecular weight excluding hydrogens is 434 g/mol. The van der Waals surface area contributed by atoms with E-state index < -0.39 is 17.5 Å². The molecule has 6 nitrogen and oxygen atoms in total. The molecule has 1 amide bonds. The monoisotopic (exact) mass is 471 g/mol. The van der Waals surface area contributed by atoms with Gasteiger partial charge < -0.3 is 15.0 Å². The molecule has 0 bridgehead atoms. The number of rotatable bonds is 11. The SMILES string of the molecule is CCCC(CCC)(CNC(=O)c1ccc(C)cc1Cl)N1CCN([S+]([O-])CC(C)O)CC1. The van der Waals surface area contributed by atoms with Gasteiger partial charge >= 0.3 is 0 Å². The fraction of sp³-hybridized carbons (Fsp3) is 0.696. The molecule has 1 aromatic rings. The number of hydrogen-bond donors (Lipinski definition) is 2. The average Bonchev–Trinajstić information content (AvgIpc) is 2.71. The summed E-state index contributed by atoms with van der Waals surface area (Å²) in [6, 6.07) is 5.50. The number of halogens is 1. The van der Waals surface area contributed by atoms with Gasteiger partial charge in [0.25, 0.3) is 5.91 Å². The van der Waals surface area contributed by atoms with Crippen molar-refractivity contribution in [3.8, 4) is 0 Å². The highest BCUT2D eigenvalue weighted by Gasteiger charge is 2.39. The molecule has 0 aromatic heterocycles. The quantitative estimate of drug-likeness (QED) is 0.484. The number of carbonyl (C=O) groups is 1. The van der Waals surface area contributed by atoms with Crippen LogP contribution in [-0.2, 0) is 11.4 Å². The third-order valence-electron chi connectivity index (χ3n) is 5.96. The van der Waals surface area contributed by atoms with Crippen molar-refractivity contribution in [2.24, 2.45) is 0 Å². The molecule has 176 valence electrons. The fourth-order valence-corrected chi connectivity index (χ4v) is 6.00. The van der Waals surface area contributed by atoms with Gasteiger partial charge in [0.15, 0.2) is 5.75 Å². The molecule has 0 saturated carbocycles. The van der Waals surface area contributed by atoms with Crippen LogP contribution in [0.3, 0.4) is 0 Å². The van der Waals surface area contributed by atoms with Gasteiger partial charge in [-0.25, -0.2) is 0 Å². The first-order valence-electron chi connectivity index (χ1n) is 11.3. The molecular formula is C23H38ClN3O3S. The Morgan fingerprint density at radius 2 is 1.87 bits per heavy atom. The van der Waals surface area contributed by atoms with Gasteiger partial charge in [0.05, 0.1) is 29.8 Å². The first kappa shape index (κ1) is 26.4. The van der Waals surface area contributed by atoms with Crippen LogP contribution in [0.15, 0.2) is 18.2 Å². The zero-order chi connectivity index (χ0) is 23.0. The lowest BCUT2D eigenvalue weighted by Gasteiger charge is -2.48. The van der Waals surface area contributed by atoms with Crippen LogP contribution in [0.4, 0.5) is 0 Å². The number of aliphatic hydroxyl groups is 1. The predicted molar refractivity (Wildman–Crippen MR) is 129 cm³/mol. The zero-order valence-electron chi connectivity index (χ0n) is 19.3. The molecule has 1 aromatic carbocycles. The summed E-state index contributed by atoms with van der Waals surface area (Å²) in [5, 5.41) is 13.2. The highest BCUT2D eigenvalue weighted by Crippen LogP contribution is 2.29. The summed E-state index contributed by atoms with van der Waals surface area (Å²) in [6.45, 7) is 11.5. The lowest BCUT2D eigenvalue weighted by molar-refractivity contribution is 0.0364. The van der Waals surface area contributed by atoms with Crippen LogP contribution in [0.5, 0.6) is 0 Å². The number of carbonyl (C=O) groups excluding carboxylic acids is 1. The number of nitrogens with zero attached hydrogens (tertiary/aromatic N) is 2. The van der Waals surface area contributed by atoms with Gasteiger partial charge in [0.2, 0.25) is 0 Å². The average molecular weight is 472 g/mol. The van der Waals surface area contributed by atoms with Crippen molar-refractivity contribution in [2.75, 3.05) is 38.5 Å². The Hall–Kier alpha value is -0.830. The molecule has 31 heavy (non-hydrogen) atoms. The van der Waals surface area contributed by atoms with Gasteiger partial charge in [-0.15, -0.1) is 4.31 Å². The fourth-order valence-electron chi connectivity index (χ4n) is 4.48. The molecule has 1 aliphatic heterocycles. The van der Waals surface area contributed by atoms with Crippen molar-refractivity contribution in [3.63, 3.8) is 0 Å². The van der Waals surface area contributed by atoms with Crippen molar-refractivity contribution in [2.45, 2.75) is 65.0 Å². The predicted octanol–water partition coefficient (Wildman–Crippen LogP) is 3.38. The molecule has 0 spiro atoms. The molecule has 2 rings (SSSR count). The third kappa shape index (κ3) is 7.34. The van der Waals surface area contributed by atoms with Crippen molar-refractivity contribution in [3.05, 3.63) is 34.3 Å². The van der Waals surface area contributed by atoms with Crippen LogP contribution in [0.1, 0.15) is 62.4 Å². The van der Waals surface area contributed by atoms with Crippen molar-refractivity contribution >= 4 is 28.9 Å². The number of benzene rings is 1. The Labute approximate surface area is 195 Å². The van der Waals surface area contributed by atoms with Crippen LogP contribution in [-0.4, -0.2) is 74.9 Å². The second-order valence-electron chi connectivity index (χ2n) is 8.64. The number of piperazine rings is 1. The number of aliphatic hydroxyl groups excluding tert-OH is 1. The molecule has 0 aliphatic carbocycles. The van der Waals surface area contributed by atoms with Crippen LogP contribution in [0, 0.1) is 6.92 Å². The lowest BCUT2D eigenvalue weighted by atomic mass is 9.85. The van der Waals surface area contributed by atoms with Gasteiger partial charge in [-0.1, -0.05) is 44.4 Å². The van der Waals surface area contributed by atoms with Gasteiger partial charge in [0.1, 0.15) is 0 Å². The van der Waals surface area contributed by atoms with Crippen LogP contribution >= 0.6 is 11.6 Å². The summed E-state index contributed by atoms with van der Waals surface area (Å²) in [4.78, 5) is 15.3. The van der Waals surface area contributed by atoms with Gasteiger partial charge in [-0.3, -0.25) is 9.69 Å². The number of amides is 1. The molecule has 1 saturated heterocycles. The molecule has 2 N–H and O–H groups in total. The zero-order valence-corrected chi connectivity index (χ0v) is 20.9. The Bertz CT molecular complexity index is 705. The van der Waals surface area contributed by atoms with E-state index in [0.29, 0.717) is 30.2 Å². The molecule has 1 heterocycles. The maximum Gasteiger partial charge on any atom is 0.252 e. The third-order valence-corrected chi connectivity index (χ3v) is 7.98. The molecule has 8 heteroatoms. The van der Waals surface area contributed by atoms with Crippen molar-refractivity contribution in [1.29, 1.82) is 0 Å². The Morgan fingerprint density at radius 1 is 1.26 bits per heavy atom. The Balaban J connectivity index is 2.09. The summed E-state index contributed by atoms with van der Waals surface area (Å²) >= 11 is 5.15. The smallest absolute Gasteiger partial charge is 0.252 e. The van der Waals surface area contributed by atoms with E-state index >= 15 is 0 Å². The van der Waals surface area contributed by atoms with Crippen molar-refractivity contribution < 1.29 is 14.5 Å². The van der Waals surface area contributed by atoms with E-state index in [1.807, 2.05) is 23.4 Å². The van der Waals surface area contributed by atoms with Gasteiger partial charge in [0, 0.05) is 36.5 Å². The van der Waals surface area contributed by atoms with Crippen LogP contribution in [0.25, 0.3) is 0 Å². The summed E-state index contributed by atoms with van der Waals surface area (Å²) in [7, 11) is 0. The molecule has 1 aliphatic rings. The largest absolute Gasteiger partial charge is 0.598 e. The normalized spacial score (nSPS) is 18.0. The standard InChI is InChI=1S/C23H38ClN3O3S/c1-5-9-23(10-6-2,17-25-22(29)20-8-7-18(3)15-21(20)24)26-11-13-27(14-12-26)31(30)16-19(4)28/h7-8,15,19,28H,5-6,9-14,16-17H2,1-4H3,(H,25,29).